The van der Waals surface area contributed by atoms with Crippen molar-refractivity contribution in [1.82, 2.24) is 4.98 Å². The highest BCUT2D eigenvalue weighted by atomic mass is 32.1. The molecule has 1 aromatic heterocycles. The van der Waals surface area contributed by atoms with Crippen LogP contribution in [-0.4, -0.2) is 4.98 Å². The third-order valence-corrected chi connectivity index (χ3v) is 6.01. The number of hydrogen-bond acceptors (Lipinski definition) is 2. The van der Waals surface area contributed by atoms with Crippen molar-refractivity contribution in [3.8, 4) is 0 Å². The molecule has 0 aliphatic carbocycles. The summed E-state index contributed by atoms with van der Waals surface area (Å²) in [7, 11) is 0. The second kappa shape index (κ2) is 11.0. The molecule has 0 amide bonds. The lowest BCUT2D eigenvalue weighted by Crippen LogP contribution is -2.20. The first-order valence-electron chi connectivity index (χ1n) is 9.25. The maximum Gasteiger partial charge on any atom is 0.115 e. The third kappa shape index (κ3) is 6.64. The monoisotopic (exact) mass is 321 g/mol. The van der Waals surface area contributed by atoms with Crippen LogP contribution in [0.5, 0.6) is 0 Å². The zero-order valence-corrected chi connectivity index (χ0v) is 15.8. The maximum absolute atomic E-state index is 4.50. The molecule has 0 aromatic carbocycles. The number of nitrogens with zero attached hydrogens (tertiary/aromatic N) is 1. The second-order valence-corrected chi connectivity index (χ2v) is 7.86. The fourth-order valence-electron chi connectivity index (χ4n) is 3.09. The first kappa shape index (κ1) is 19.4. The van der Waals surface area contributed by atoms with Crippen LogP contribution in [0.2, 0.25) is 0 Å². The van der Waals surface area contributed by atoms with Crippen LogP contribution in [0.15, 0.2) is 12.8 Å². The summed E-state index contributed by atoms with van der Waals surface area (Å²) in [6.07, 6.45) is 18.8. The largest absolute Gasteiger partial charge is 0.245 e. The first-order chi connectivity index (χ1) is 10.7. The summed E-state index contributed by atoms with van der Waals surface area (Å²) >= 11 is 1.84. The molecule has 0 aliphatic rings. The summed E-state index contributed by atoms with van der Waals surface area (Å²) in [5.41, 5.74) is 0.318. The Morgan fingerprint density at radius 3 is 2.05 bits per heavy atom. The number of unbranched alkanes of at least 4 members (excludes halogenated alkanes) is 7. The summed E-state index contributed by atoms with van der Waals surface area (Å²) < 4.78 is 0. The highest BCUT2D eigenvalue weighted by molar-refractivity contribution is 7.12. The summed E-state index contributed by atoms with van der Waals surface area (Å²) in [6, 6.07) is 0. The predicted octanol–water partition coefficient (Wildman–Crippen LogP) is 7.37. The quantitative estimate of drug-likeness (QED) is 0.345. The molecule has 1 atom stereocenters. The van der Waals surface area contributed by atoms with E-state index in [1.165, 1.54) is 75.5 Å². The van der Waals surface area contributed by atoms with Crippen LogP contribution < -0.4 is 0 Å². The van der Waals surface area contributed by atoms with Gasteiger partial charge >= 0.3 is 0 Å². The van der Waals surface area contributed by atoms with Crippen molar-refractivity contribution in [3.05, 3.63) is 22.7 Å². The van der Waals surface area contributed by atoms with Gasteiger partial charge in [0, 0.05) is 16.5 Å². The second-order valence-electron chi connectivity index (χ2n) is 6.80. The van der Waals surface area contributed by atoms with Gasteiger partial charge in [-0.15, -0.1) is 11.3 Å². The van der Waals surface area contributed by atoms with E-state index >= 15 is 0 Å². The van der Waals surface area contributed by atoms with Gasteiger partial charge in [0.05, 0.1) is 0 Å². The van der Waals surface area contributed by atoms with Crippen molar-refractivity contribution in [2.24, 2.45) is 0 Å². The Morgan fingerprint density at radius 2 is 1.55 bits per heavy atom. The lowest BCUT2D eigenvalue weighted by molar-refractivity contribution is 0.369. The molecule has 1 aromatic rings. The van der Waals surface area contributed by atoms with E-state index < -0.39 is 0 Å². The molecule has 1 unspecified atom stereocenters. The lowest BCUT2D eigenvalue weighted by Gasteiger charge is -2.28. The van der Waals surface area contributed by atoms with Crippen LogP contribution in [0.25, 0.3) is 6.08 Å². The number of thiazole rings is 1. The molecule has 1 heterocycles. The van der Waals surface area contributed by atoms with Crippen molar-refractivity contribution in [2.75, 3.05) is 0 Å². The Hall–Kier alpha value is -0.630. The van der Waals surface area contributed by atoms with Crippen molar-refractivity contribution in [3.63, 3.8) is 0 Å². The van der Waals surface area contributed by atoms with E-state index in [0.29, 0.717) is 5.41 Å². The number of rotatable bonds is 13. The normalized spacial score (nSPS) is 14.0. The predicted molar refractivity (Wildman–Crippen MR) is 102 cm³/mol. The standard InChI is InChI=1S/C20H35NS/c1-5-8-10-12-14-16-20(4,15-13-11-9-6-2)18-17-21-19(7-3)22-18/h7,17H,3,5-6,8-16H2,1-2,4H3. The Morgan fingerprint density at radius 1 is 1.00 bits per heavy atom. The molecule has 0 bridgehead atoms. The summed E-state index contributed by atoms with van der Waals surface area (Å²) in [5.74, 6) is 0. The molecule has 0 aliphatic heterocycles. The molecule has 0 saturated carbocycles. The molecule has 1 rings (SSSR count). The van der Waals surface area contributed by atoms with Gasteiger partial charge in [0.15, 0.2) is 0 Å². The van der Waals surface area contributed by atoms with Crippen molar-refractivity contribution in [1.29, 1.82) is 0 Å². The summed E-state index contributed by atoms with van der Waals surface area (Å²) in [4.78, 5) is 5.97. The molecule has 1 nitrogen and oxygen atoms in total. The molecule has 0 fully saturated rings. The fourth-order valence-corrected chi connectivity index (χ4v) is 4.06. The summed E-state index contributed by atoms with van der Waals surface area (Å²) in [6.45, 7) is 10.9. The van der Waals surface area contributed by atoms with E-state index in [0.717, 1.165) is 5.01 Å². The minimum atomic E-state index is 0.318. The van der Waals surface area contributed by atoms with Crippen LogP contribution in [0.3, 0.4) is 0 Å². The molecule has 0 saturated heterocycles. The van der Waals surface area contributed by atoms with Crippen LogP contribution in [0, 0.1) is 0 Å². The Bertz CT molecular complexity index is 410. The highest BCUT2D eigenvalue weighted by Gasteiger charge is 2.27. The Balaban J connectivity index is 2.60. The van der Waals surface area contributed by atoms with E-state index in [1.54, 1.807) is 0 Å². The first-order valence-corrected chi connectivity index (χ1v) is 10.1. The van der Waals surface area contributed by atoms with Crippen LogP contribution >= 0.6 is 11.3 Å². The molecule has 22 heavy (non-hydrogen) atoms. The molecule has 0 radical (unpaired) electrons. The van der Waals surface area contributed by atoms with Gasteiger partial charge in [-0.05, 0) is 18.9 Å². The van der Waals surface area contributed by atoms with E-state index in [4.69, 9.17) is 0 Å². The highest BCUT2D eigenvalue weighted by Crippen LogP contribution is 2.38. The summed E-state index contributed by atoms with van der Waals surface area (Å²) in [5, 5.41) is 1.07. The van der Waals surface area contributed by atoms with Gasteiger partial charge in [0.1, 0.15) is 5.01 Å². The Labute approximate surface area is 142 Å². The van der Waals surface area contributed by atoms with E-state index in [-0.39, 0.29) is 0 Å². The zero-order valence-electron chi connectivity index (χ0n) is 15.0. The van der Waals surface area contributed by atoms with Crippen LogP contribution in [-0.2, 0) is 5.41 Å². The minimum Gasteiger partial charge on any atom is -0.245 e. The SMILES string of the molecule is C=Cc1ncc(C(C)(CCCCCC)CCCCCCC)s1. The third-order valence-electron chi connectivity index (χ3n) is 4.71. The molecular formula is C20H35NS. The van der Waals surface area contributed by atoms with Crippen LogP contribution in [0.4, 0.5) is 0 Å². The molecule has 126 valence electrons. The zero-order chi connectivity index (χ0) is 16.3. The number of aromatic nitrogens is 1. The molecule has 0 spiro atoms. The van der Waals surface area contributed by atoms with Crippen molar-refractivity contribution < 1.29 is 0 Å². The van der Waals surface area contributed by atoms with Gasteiger partial charge in [0.25, 0.3) is 0 Å². The van der Waals surface area contributed by atoms with Gasteiger partial charge in [0.2, 0.25) is 0 Å². The Kier molecular flexibility index (Phi) is 9.70. The van der Waals surface area contributed by atoms with Crippen molar-refractivity contribution >= 4 is 17.4 Å². The van der Waals surface area contributed by atoms with Gasteiger partial charge in [-0.2, -0.15) is 0 Å². The number of hydrogen-bond donors (Lipinski definition) is 0. The fraction of sp³-hybridized carbons (Fsp3) is 0.750. The molecule has 0 N–H and O–H groups in total. The van der Waals surface area contributed by atoms with E-state index in [2.05, 4.69) is 38.5 Å². The smallest absolute Gasteiger partial charge is 0.115 e. The average molecular weight is 322 g/mol. The average Bonchev–Trinajstić information content (AvgIpc) is 3.01. The molecule has 2 heteroatoms. The topological polar surface area (TPSA) is 12.9 Å². The van der Waals surface area contributed by atoms with Gasteiger partial charge in [-0.3, -0.25) is 0 Å². The molecular weight excluding hydrogens is 286 g/mol. The lowest BCUT2D eigenvalue weighted by atomic mass is 9.78. The van der Waals surface area contributed by atoms with Gasteiger partial charge < -0.3 is 0 Å². The van der Waals surface area contributed by atoms with E-state index in [1.807, 2.05) is 17.4 Å². The van der Waals surface area contributed by atoms with Gasteiger partial charge in [-0.1, -0.05) is 85.1 Å². The van der Waals surface area contributed by atoms with Gasteiger partial charge in [-0.25, -0.2) is 4.98 Å². The van der Waals surface area contributed by atoms with Crippen molar-refractivity contribution in [2.45, 2.75) is 96.8 Å². The maximum atomic E-state index is 4.50. The minimum absolute atomic E-state index is 0.318. The van der Waals surface area contributed by atoms with E-state index in [9.17, 15) is 0 Å². The van der Waals surface area contributed by atoms with Crippen LogP contribution in [0.1, 0.15) is 101 Å².